The molecule has 3 atom stereocenters. The van der Waals surface area contributed by atoms with Crippen molar-refractivity contribution < 1.29 is 22.8 Å². The first kappa shape index (κ1) is 23.5. The molecule has 0 spiro atoms. The third-order valence-electron chi connectivity index (χ3n) is 6.31. The Morgan fingerprint density at radius 2 is 1.82 bits per heavy atom. The van der Waals surface area contributed by atoms with Crippen LogP contribution in [0.3, 0.4) is 0 Å². The molecule has 0 saturated carbocycles. The first-order valence-corrected chi connectivity index (χ1v) is 12.6. The topological polar surface area (TPSA) is 130 Å². The van der Waals surface area contributed by atoms with Crippen molar-refractivity contribution in [2.24, 2.45) is 5.73 Å². The number of fused-ring (bicyclic) bond motifs is 1. The number of amides is 3. The van der Waals surface area contributed by atoms with E-state index in [1.807, 2.05) is 0 Å². The number of halogens is 1. The van der Waals surface area contributed by atoms with Gasteiger partial charge < -0.3 is 15.5 Å². The van der Waals surface area contributed by atoms with Gasteiger partial charge in [-0.1, -0.05) is 23.7 Å². The van der Waals surface area contributed by atoms with Crippen LogP contribution in [0.1, 0.15) is 26.2 Å². The molecule has 9 nitrogen and oxygen atoms in total. The van der Waals surface area contributed by atoms with Gasteiger partial charge in [0.2, 0.25) is 27.7 Å². The summed E-state index contributed by atoms with van der Waals surface area (Å²) in [4.78, 5) is 40.3. The van der Waals surface area contributed by atoms with Crippen molar-refractivity contribution >= 4 is 50.1 Å². The Kier molecular flexibility index (Phi) is 6.35. The van der Waals surface area contributed by atoms with Crippen LogP contribution in [0.4, 0.5) is 0 Å². The predicted molar refractivity (Wildman–Crippen MR) is 123 cm³/mol. The molecule has 2 aliphatic heterocycles. The van der Waals surface area contributed by atoms with E-state index >= 15 is 0 Å². The molecule has 0 bridgehead atoms. The minimum absolute atomic E-state index is 0.0362. The average Bonchev–Trinajstić information content (AvgIpc) is 3.39. The molecule has 2 saturated heterocycles. The molecule has 4 rings (SSSR count). The lowest BCUT2D eigenvalue weighted by molar-refractivity contribution is -0.145. The fraction of sp³-hybridized carbons (Fsp3) is 0.409. The van der Waals surface area contributed by atoms with Crippen LogP contribution in [-0.2, 0) is 24.4 Å². The van der Waals surface area contributed by atoms with Crippen molar-refractivity contribution in [1.82, 2.24) is 14.5 Å². The van der Waals surface area contributed by atoms with Gasteiger partial charge in [-0.25, -0.2) is 8.42 Å². The van der Waals surface area contributed by atoms with Gasteiger partial charge in [-0.3, -0.25) is 14.4 Å². The van der Waals surface area contributed by atoms with Gasteiger partial charge in [-0.2, -0.15) is 4.72 Å². The summed E-state index contributed by atoms with van der Waals surface area (Å²) in [7, 11) is -3.97. The lowest BCUT2D eigenvalue weighted by Crippen LogP contribution is -2.53. The third-order valence-corrected chi connectivity index (χ3v) is 8.01. The van der Waals surface area contributed by atoms with E-state index in [0.717, 1.165) is 5.39 Å². The van der Waals surface area contributed by atoms with Gasteiger partial charge in [0.15, 0.2) is 0 Å². The monoisotopic (exact) mass is 492 g/mol. The summed E-state index contributed by atoms with van der Waals surface area (Å²) >= 11 is 5.98. The number of hydrogen-bond acceptors (Lipinski definition) is 5. The number of carbonyl (C=O) groups excluding carboxylic acids is 3. The predicted octanol–water partition coefficient (Wildman–Crippen LogP) is 1.24. The van der Waals surface area contributed by atoms with Crippen LogP contribution < -0.4 is 10.5 Å². The van der Waals surface area contributed by atoms with Crippen molar-refractivity contribution in [3.63, 3.8) is 0 Å². The highest BCUT2D eigenvalue weighted by Crippen LogP contribution is 2.25. The summed E-state index contributed by atoms with van der Waals surface area (Å²) < 4.78 is 28.4. The molecule has 0 aliphatic carbocycles. The SMILES string of the molecule is C[C@@H](C(=O)N1CCCC1C(N)=O)N1CC[C@H](NS(=O)(=O)c2ccc3cc(Cl)ccc3c2)C1=O. The van der Waals surface area contributed by atoms with Gasteiger partial charge in [0.1, 0.15) is 18.1 Å². The second-order valence-electron chi connectivity index (χ2n) is 8.42. The number of carbonyl (C=O) groups is 3. The fourth-order valence-electron chi connectivity index (χ4n) is 4.51. The largest absolute Gasteiger partial charge is 0.368 e. The van der Waals surface area contributed by atoms with Crippen LogP contribution in [0.2, 0.25) is 5.02 Å². The summed E-state index contributed by atoms with van der Waals surface area (Å²) in [6, 6.07) is 7.31. The minimum atomic E-state index is -3.97. The van der Waals surface area contributed by atoms with Crippen molar-refractivity contribution in [3.05, 3.63) is 41.4 Å². The van der Waals surface area contributed by atoms with Gasteiger partial charge in [0.05, 0.1) is 4.90 Å². The quantitative estimate of drug-likeness (QED) is 0.626. The summed E-state index contributed by atoms with van der Waals surface area (Å²) in [5.41, 5.74) is 5.40. The number of rotatable bonds is 6. The zero-order chi connectivity index (χ0) is 23.9. The summed E-state index contributed by atoms with van der Waals surface area (Å²) in [6.07, 6.45) is 1.40. The Bertz CT molecular complexity index is 1230. The van der Waals surface area contributed by atoms with Gasteiger partial charge in [0.25, 0.3) is 0 Å². The molecule has 33 heavy (non-hydrogen) atoms. The third kappa shape index (κ3) is 4.55. The Labute approximate surface area is 196 Å². The molecule has 176 valence electrons. The fourth-order valence-corrected chi connectivity index (χ4v) is 5.95. The first-order chi connectivity index (χ1) is 15.6. The maximum absolute atomic E-state index is 13.0. The zero-order valence-corrected chi connectivity index (χ0v) is 19.6. The summed E-state index contributed by atoms with van der Waals surface area (Å²) in [5.74, 6) is -1.40. The second kappa shape index (κ2) is 8.92. The second-order valence-corrected chi connectivity index (χ2v) is 10.6. The molecule has 11 heteroatoms. The highest BCUT2D eigenvalue weighted by molar-refractivity contribution is 7.89. The van der Waals surface area contributed by atoms with E-state index in [2.05, 4.69) is 4.72 Å². The van der Waals surface area contributed by atoms with Crippen LogP contribution in [0.5, 0.6) is 0 Å². The molecule has 0 aromatic heterocycles. The molecule has 0 radical (unpaired) electrons. The van der Waals surface area contributed by atoms with E-state index in [9.17, 15) is 22.8 Å². The van der Waals surface area contributed by atoms with Crippen LogP contribution in [-0.4, -0.2) is 67.2 Å². The normalized spacial score (nSPS) is 22.2. The van der Waals surface area contributed by atoms with Crippen molar-refractivity contribution in [3.8, 4) is 0 Å². The van der Waals surface area contributed by atoms with Gasteiger partial charge in [0, 0.05) is 18.1 Å². The van der Waals surface area contributed by atoms with E-state index in [1.54, 1.807) is 31.2 Å². The number of sulfonamides is 1. The minimum Gasteiger partial charge on any atom is -0.368 e. The molecule has 2 heterocycles. The maximum Gasteiger partial charge on any atom is 0.245 e. The number of likely N-dealkylation sites (tertiary alicyclic amines) is 2. The zero-order valence-electron chi connectivity index (χ0n) is 18.0. The van der Waals surface area contributed by atoms with Gasteiger partial charge >= 0.3 is 0 Å². The summed E-state index contributed by atoms with van der Waals surface area (Å²) in [6.45, 7) is 2.22. The van der Waals surface area contributed by atoms with Crippen LogP contribution >= 0.6 is 11.6 Å². The number of nitrogens with two attached hydrogens (primary N) is 1. The van der Waals surface area contributed by atoms with Crippen molar-refractivity contribution in [1.29, 1.82) is 0 Å². The van der Waals surface area contributed by atoms with Crippen LogP contribution in [0.15, 0.2) is 41.3 Å². The molecule has 2 aromatic carbocycles. The standard InChI is InChI=1S/C22H25ClN4O5S/c1-13(21(29)27-9-2-3-19(27)20(24)28)26-10-8-18(22(26)30)25-33(31,32)17-7-5-14-11-16(23)6-4-15(14)12-17/h4-7,11-13,18-19,25H,2-3,8-10H2,1H3,(H2,24,28)/t13-,18-,19?/m0/s1. The molecule has 2 aromatic rings. The number of nitrogens with one attached hydrogen (secondary N) is 1. The molecule has 1 unspecified atom stereocenters. The summed E-state index contributed by atoms with van der Waals surface area (Å²) in [5, 5.41) is 2.05. The molecule has 3 N–H and O–H groups in total. The van der Waals surface area contributed by atoms with E-state index in [4.69, 9.17) is 17.3 Å². The number of primary amides is 1. The highest BCUT2D eigenvalue weighted by atomic mass is 35.5. The van der Waals surface area contributed by atoms with E-state index in [1.165, 1.54) is 21.9 Å². The van der Waals surface area contributed by atoms with Crippen molar-refractivity contribution in [2.45, 2.75) is 49.2 Å². The number of benzene rings is 2. The molecule has 3 amide bonds. The molecular weight excluding hydrogens is 468 g/mol. The first-order valence-electron chi connectivity index (χ1n) is 10.7. The average molecular weight is 493 g/mol. The highest BCUT2D eigenvalue weighted by Gasteiger charge is 2.42. The number of nitrogens with zero attached hydrogens (tertiary/aromatic N) is 2. The maximum atomic E-state index is 13.0. The Balaban J connectivity index is 1.47. The Hall–Kier alpha value is -2.69. The smallest absolute Gasteiger partial charge is 0.245 e. The van der Waals surface area contributed by atoms with Gasteiger partial charge in [-0.15, -0.1) is 0 Å². The lowest BCUT2D eigenvalue weighted by Gasteiger charge is -2.30. The molecule has 2 aliphatic rings. The van der Waals surface area contributed by atoms with Crippen LogP contribution in [0.25, 0.3) is 10.8 Å². The Morgan fingerprint density at radius 1 is 1.12 bits per heavy atom. The Morgan fingerprint density at radius 3 is 2.55 bits per heavy atom. The molecular formula is C22H25ClN4O5S. The van der Waals surface area contributed by atoms with Crippen LogP contribution in [0, 0.1) is 0 Å². The van der Waals surface area contributed by atoms with E-state index in [0.29, 0.717) is 29.8 Å². The number of hydrogen-bond donors (Lipinski definition) is 2. The van der Waals surface area contributed by atoms with Crippen molar-refractivity contribution in [2.75, 3.05) is 13.1 Å². The van der Waals surface area contributed by atoms with Gasteiger partial charge in [-0.05, 0) is 61.2 Å². The van der Waals surface area contributed by atoms with E-state index in [-0.39, 0.29) is 23.8 Å². The lowest BCUT2D eigenvalue weighted by atomic mass is 10.1. The molecule has 2 fully saturated rings. The van der Waals surface area contributed by atoms with E-state index < -0.39 is 40.0 Å².